The van der Waals surface area contributed by atoms with Crippen LogP contribution in [0.25, 0.3) is 0 Å². The van der Waals surface area contributed by atoms with Crippen LogP contribution in [-0.4, -0.2) is 4.21 Å². The fourth-order valence-electron chi connectivity index (χ4n) is 0. The molecule has 0 aliphatic heterocycles. The summed E-state index contributed by atoms with van der Waals surface area (Å²) in [7, 11) is 0. The van der Waals surface area contributed by atoms with E-state index in [-0.39, 0.29) is 0 Å². The van der Waals surface area contributed by atoms with E-state index in [1.807, 2.05) is 0 Å². The SMILES string of the molecule is C=C(F)S([O])=O. The molecule has 1 atom stereocenters. The van der Waals surface area contributed by atoms with E-state index >= 15 is 0 Å². The first kappa shape index (κ1) is 5.78. The molecule has 1 unspecified atom stereocenters. The smallest absolute Gasteiger partial charge is 0.219 e. The van der Waals surface area contributed by atoms with Gasteiger partial charge in [0, 0.05) is 0 Å². The van der Waals surface area contributed by atoms with E-state index in [1.165, 1.54) is 0 Å². The van der Waals surface area contributed by atoms with Gasteiger partial charge in [-0.25, -0.2) is 4.21 Å². The fraction of sp³-hybridized carbons (Fsp3) is 0. The molecule has 0 saturated heterocycles. The molecule has 0 aliphatic carbocycles. The molecule has 0 aromatic rings. The summed E-state index contributed by atoms with van der Waals surface area (Å²) in [6.07, 6.45) is 0. The van der Waals surface area contributed by atoms with Crippen molar-refractivity contribution in [3.05, 3.63) is 11.7 Å². The van der Waals surface area contributed by atoms with Crippen LogP contribution in [-0.2, 0) is 15.6 Å². The second kappa shape index (κ2) is 2.04. The van der Waals surface area contributed by atoms with Crippen molar-refractivity contribution in [2.45, 2.75) is 0 Å². The Balaban J connectivity index is 3.57. The lowest BCUT2D eigenvalue weighted by Gasteiger charge is -1.72. The standard InChI is InChI=1S/C2H2FO2S/c1-2(3)6(4)5/h1H2. The Kier molecular flexibility index (Phi) is 1.97. The van der Waals surface area contributed by atoms with Crippen molar-refractivity contribution in [3.8, 4) is 0 Å². The highest BCUT2D eigenvalue weighted by molar-refractivity contribution is 7.82. The minimum atomic E-state index is -2.73. The van der Waals surface area contributed by atoms with Gasteiger partial charge in [0.2, 0.25) is 16.2 Å². The third kappa shape index (κ3) is 2.04. The Labute approximate surface area is 37.0 Å². The molecule has 0 spiro atoms. The number of halogens is 1. The zero-order valence-corrected chi connectivity index (χ0v) is 3.63. The van der Waals surface area contributed by atoms with Gasteiger partial charge >= 0.3 is 0 Å². The van der Waals surface area contributed by atoms with E-state index in [4.69, 9.17) is 0 Å². The van der Waals surface area contributed by atoms with Crippen LogP contribution in [0.5, 0.6) is 0 Å². The predicted molar refractivity (Wildman–Crippen MR) is 19.1 cm³/mol. The van der Waals surface area contributed by atoms with Crippen molar-refractivity contribution < 1.29 is 13.2 Å². The molecule has 0 rings (SSSR count). The summed E-state index contributed by atoms with van der Waals surface area (Å²) in [6.45, 7) is 2.48. The molecule has 0 saturated carbocycles. The zero-order chi connectivity index (χ0) is 5.15. The van der Waals surface area contributed by atoms with Crippen molar-refractivity contribution in [3.63, 3.8) is 0 Å². The second-order valence-corrected chi connectivity index (χ2v) is 1.50. The van der Waals surface area contributed by atoms with Crippen LogP contribution in [0.3, 0.4) is 0 Å². The van der Waals surface area contributed by atoms with Gasteiger partial charge in [0.25, 0.3) is 0 Å². The minimum absolute atomic E-state index is 1.32. The van der Waals surface area contributed by atoms with Gasteiger partial charge in [0.15, 0.2) is 0 Å². The second-order valence-electron chi connectivity index (χ2n) is 0.590. The largest absolute Gasteiger partial charge is 0.249 e. The highest BCUT2D eigenvalue weighted by Gasteiger charge is 1.95. The molecule has 2 nitrogen and oxygen atoms in total. The Morgan fingerprint density at radius 3 is 2.00 bits per heavy atom. The van der Waals surface area contributed by atoms with Crippen LogP contribution in [0.15, 0.2) is 11.7 Å². The first-order valence-corrected chi connectivity index (χ1v) is 2.15. The topological polar surface area (TPSA) is 37.0 Å². The van der Waals surface area contributed by atoms with Crippen LogP contribution >= 0.6 is 0 Å². The lowest BCUT2D eigenvalue weighted by atomic mass is 11.2. The molecule has 35 valence electrons. The maximum atomic E-state index is 11.0. The molecule has 0 heterocycles. The molecule has 6 heavy (non-hydrogen) atoms. The van der Waals surface area contributed by atoms with Crippen molar-refractivity contribution >= 4 is 11.1 Å². The zero-order valence-electron chi connectivity index (χ0n) is 2.81. The van der Waals surface area contributed by atoms with Crippen molar-refractivity contribution in [2.24, 2.45) is 0 Å². The summed E-state index contributed by atoms with van der Waals surface area (Å²) in [5, 5.41) is -1.32. The Hall–Kier alpha value is -0.220. The van der Waals surface area contributed by atoms with Crippen LogP contribution in [0.4, 0.5) is 4.39 Å². The van der Waals surface area contributed by atoms with Crippen LogP contribution in [0, 0.1) is 0 Å². The molecule has 1 radical (unpaired) electrons. The first-order chi connectivity index (χ1) is 2.64. The lowest BCUT2D eigenvalue weighted by Crippen LogP contribution is -1.77. The van der Waals surface area contributed by atoms with Crippen molar-refractivity contribution in [2.75, 3.05) is 0 Å². The van der Waals surface area contributed by atoms with Gasteiger partial charge in [-0.15, -0.1) is 4.55 Å². The van der Waals surface area contributed by atoms with Crippen LogP contribution in [0.2, 0.25) is 0 Å². The molecule has 0 fully saturated rings. The molecule has 0 amide bonds. The van der Waals surface area contributed by atoms with E-state index in [9.17, 15) is 13.2 Å². The molecule has 0 aromatic carbocycles. The van der Waals surface area contributed by atoms with Crippen molar-refractivity contribution in [1.82, 2.24) is 0 Å². The molecule has 4 heteroatoms. The summed E-state index contributed by atoms with van der Waals surface area (Å²) < 4.78 is 29.5. The average Bonchev–Trinajstić information content (AvgIpc) is 1.36. The summed E-state index contributed by atoms with van der Waals surface area (Å²) in [4.78, 5) is 0. The van der Waals surface area contributed by atoms with Crippen LogP contribution < -0.4 is 0 Å². The number of hydrogen-bond donors (Lipinski definition) is 0. The molecule has 0 N–H and O–H groups in total. The molecule has 0 aromatic heterocycles. The number of hydrogen-bond acceptors (Lipinski definition) is 1. The summed E-state index contributed by atoms with van der Waals surface area (Å²) in [5.41, 5.74) is 0. The minimum Gasteiger partial charge on any atom is -0.219 e. The van der Waals surface area contributed by atoms with Gasteiger partial charge in [0.1, 0.15) is 0 Å². The maximum absolute atomic E-state index is 11.0. The average molecular weight is 109 g/mol. The van der Waals surface area contributed by atoms with Gasteiger partial charge in [-0.05, 0) is 0 Å². The van der Waals surface area contributed by atoms with E-state index in [0.717, 1.165) is 0 Å². The first-order valence-electron chi connectivity index (χ1n) is 1.08. The third-order valence-electron chi connectivity index (χ3n) is 0.181. The number of rotatable bonds is 1. The van der Waals surface area contributed by atoms with Crippen molar-refractivity contribution in [1.29, 1.82) is 0 Å². The third-order valence-corrected chi connectivity index (χ3v) is 0.543. The molecular weight excluding hydrogens is 107 g/mol. The van der Waals surface area contributed by atoms with Gasteiger partial charge in [0.05, 0.1) is 0 Å². The molecule has 0 aliphatic rings. The predicted octanol–water partition coefficient (Wildman–Crippen LogP) is 0.521. The van der Waals surface area contributed by atoms with Gasteiger partial charge in [-0.1, -0.05) is 6.58 Å². The van der Waals surface area contributed by atoms with E-state index in [2.05, 4.69) is 6.58 Å². The summed E-state index contributed by atoms with van der Waals surface area (Å²) >= 11 is -2.73. The highest BCUT2D eigenvalue weighted by Crippen LogP contribution is 1.93. The van der Waals surface area contributed by atoms with Gasteiger partial charge in [-0.3, -0.25) is 0 Å². The highest BCUT2D eigenvalue weighted by atomic mass is 32.2. The normalized spacial score (nSPS) is 13.7. The van der Waals surface area contributed by atoms with E-state index in [1.54, 1.807) is 0 Å². The molecule has 0 bridgehead atoms. The Morgan fingerprint density at radius 2 is 2.00 bits per heavy atom. The van der Waals surface area contributed by atoms with Gasteiger partial charge in [-0.2, -0.15) is 4.39 Å². The molecular formula is C2H2FO2S. The van der Waals surface area contributed by atoms with Crippen LogP contribution in [0.1, 0.15) is 0 Å². The quantitative estimate of drug-likeness (QED) is 0.483. The fourth-order valence-corrected chi connectivity index (χ4v) is 0. The maximum Gasteiger partial charge on any atom is 0.249 e. The monoisotopic (exact) mass is 109 g/mol. The van der Waals surface area contributed by atoms with Gasteiger partial charge < -0.3 is 0 Å². The lowest BCUT2D eigenvalue weighted by molar-refractivity contribution is 0.467. The summed E-state index contributed by atoms with van der Waals surface area (Å²) in [6, 6.07) is 0. The summed E-state index contributed by atoms with van der Waals surface area (Å²) in [5.74, 6) is 0. The van der Waals surface area contributed by atoms with E-state index in [0.29, 0.717) is 0 Å². The Morgan fingerprint density at radius 1 is 1.83 bits per heavy atom. The van der Waals surface area contributed by atoms with E-state index < -0.39 is 16.2 Å². The Bertz CT molecular complexity index is 77.5.